The van der Waals surface area contributed by atoms with Gasteiger partial charge >= 0.3 is 16.2 Å². The van der Waals surface area contributed by atoms with Crippen molar-refractivity contribution in [1.82, 2.24) is 4.31 Å². The smallest absolute Gasteiger partial charge is 0.336 e. The molecular weight excluding hydrogens is 256 g/mol. The van der Waals surface area contributed by atoms with Gasteiger partial charge in [0.25, 0.3) is 0 Å². The fourth-order valence-electron chi connectivity index (χ4n) is 1.71. The molecule has 1 aliphatic rings. The average molecular weight is 270 g/mol. The predicted molar refractivity (Wildman–Crippen MR) is 66.9 cm³/mol. The minimum Gasteiger partial charge on any atom is -0.478 e. The Kier molecular flexibility index (Phi) is 3.27. The molecule has 0 aliphatic carbocycles. The summed E-state index contributed by atoms with van der Waals surface area (Å²) in [5.74, 6) is -1.07. The van der Waals surface area contributed by atoms with E-state index in [1.165, 1.54) is 16.4 Å². The second-order valence-electron chi connectivity index (χ2n) is 4.14. The fourth-order valence-corrected chi connectivity index (χ4v) is 3.08. The maximum atomic E-state index is 11.9. The lowest BCUT2D eigenvalue weighted by atomic mass is 10.1. The zero-order valence-electron chi connectivity index (χ0n) is 9.88. The Balaban J connectivity index is 2.29. The van der Waals surface area contributed by atoms with Gasteiger partial charge in [0.1, 0.15) is 0 Å². The molecule has 1 aliphatic heterocycles. The Morgan fingerprint density at radius 2 is 2.06 bits per heavy atom. The largest absolute Gasteiger partial charge is 0.478 e. The van der Waals surface area contributed by atoms with Gasteiger partial charge in [-0.2, -0.15) is 12.7 Å². The van der Waals surface area contributed by atoms with Crippen molar-refractivity contribution in [2.45, 2.75) is 13.3 Å². The van der Waals surface area contributed by atoms with E-state index >= 15 is 0 Å². The zero-order chi connectivity index (χ0) is 13.3. The lowest BCUT2D eigenvalue weighted by Gasteiger charge is -2.30. The number of carboxylic acids is 1. The second kappa shape index (κ2) is 4.58. The number of hydrogen-bond donors (Lipinski definition) is 2. The summed E-state index contributed by atoms with van der Waals surface area (Å²) in [5.41, 5.74) is 0.815. The lowest BCUT2D eigenvalue weighted by Crippen LogP contribution is -2.45. The van der Waals surface area contributed by atoms with Crippen LogP contribution in [0.3, 0.4) is 0 Å². The van der Waals surface area contributed by atoms with Crippen LogP contribution in [0.4, 0.5) is 5.69 Å². The number of carbonyl (C=O) groups is 1. The molecule has 1 heterocycles. The molecule has 0 bridgehead atoms. The van der Waals surface area contributed by atoms with E-state index in [0.29, 0.717) is 24.3 Å². The summed E-state index contributed by atoms with van der Waals surface area (Å²) in [6.45, 7) is 2.59. The zero-order valence-corrected chi connectivity index (χ0v) is 10.7. The molecule has 1 fully saturated rings. The second-order valence-corrected chi connectivity index (χ2v) is 5.81. The Bertz CT molecular complexity index is 579. The normalized spacial score (nSPS) is 16.1. The molecule has 18 heavy (non-hydrogen) atoms. The molecule has 0 spiro atoms. The molecule has 6 nitrogen and oxygen atoms in total. The first-order valence-electron chi connectivity index (χ1n) is 5.52. The van der Waals surface area contributed by atoms with Gasteiger partial charge in [-0.1, -0.05) is 6.07 Å². The third-order valence-electron chi connectivity index (χ3n) is 2.96. The molecular formula is C11H14N2O4S. The van der Waals surface area contributed by atoms with E-state index in [9.17, 15) is 13.2 Å². The molecule has 1 aromatic carbocycles. The van der Waals surface area contributed by atoms with Gasteiger partial charge < -0.3 is 5.11 Å². The van der Waals surface area contributed by atoms with E-state index < -0.39 is 16.2 Å². The summed E-state index contributed by atoms with van der Waals surface area (Å²) in [4.78, 5) is 11.0. The summed E-state index contributed by atoms with van der Waals surface area (Å²) in [6, 6.07) is 4.52. The van der Waals surface area contributed by atoms with Gasteiger partial charge in [-0.15, -0.1) is 0 Å². The summed E-state index contributed by atoms with van der Waals surface area (Å²) in [7, 11) is -3.55. The highest BCUT2D eigenvalue weighted by atomic mass is 32.2. The molecule has 7 heteroatoms. The van der Waals surface area contributed by atoms with Crippen LogP contribution in [0, 0.1) is 6.92 Å². The average Bonchev–Trinajstić information content (AvgIpc) is 2.16. The third-order valence-corrected chi connectivity index (χ3v) is 4.48. The number of aromatic carboxylic acids is 1. The number of nitrogens with zero attached hydrogens (tertiary/aromatic N) is 1. The first-order chi connectivity index (χ1) is 8.42. The maximum absolute atomic E-state index is 11.9. The van der Waals surface area contributed by atoms with Crippen molar-refractivity contribution in [3.63, 3.8) is 0 Å². The molecule has 0 aromatic heterocycles. The lowest BCUT2D eigenvalue weighted by molar-refractivity contribution is 0.0696. The van der Waals surface area contributed by atoms with Crippen molar-refractivity contribution in [3.05, 3.63) is 29.3 Å². The van der Waals surface area contributed by atoms with Crippen LogP contribution in [0.15, 0.2) is 18.2 Å². The Morgan fingerprint density at radius 1 is 1.39 bits per heavy atom. The van der Waals surface area contributed by atoms with Crippen LogP contribution in [-0.2, 0) is 10.2 Å². The van der Waals surface area contributed by atoms with Crippen molar-refractivity contribution in [2.24, 2.45) is 0 Å². The SMILES string of the molecule is Cc1c(NS(=O)(=O)N2CCC2)cccc1C(=O)O. The molecule has 0 saturated carbocycles. The van der Waals surface area contributed by atoms with Gasteiger partial charge in [-0.25, -0.2) is 4.79 Å². The Morgan fingerprint density at radius 3 is 2.56 bits per heavy atom. The Labute approximate surface area is 105 Å². The topological polar surface area (TPSA) is 86.7 Å². The van der Waals surface area contributed by atoms with Gasteiger partial charge in [0.05, 0.1) is 11.3 Å². The molecule has 0 unspecified atom stereocenters. The third kappa shape index (κ3) is 2.32. The molecule has 2 rings (SSSR count). The van der Waals surface area contributed by atoms with Crippen LogP contribution in [-0.4, -0.2) is 36.9 Å². The van der Waals surface area contributed by atoms with Gasteiger partial charge in [-0.05, 0) is 31.0 Å². The number of hydrogen-bond acceptors (Lipinski definition) is 3. The summed E-state index contributed by atoms with van der Waals surface area (Å²) in [6.07, 6.45) is 0.856. The van der Waals surface area contributed by atoms with E-state index in [0.717, 1.165) is 6.42 Å². The van der Waals surface area contributed by atoms with Gasteiger partial charge in [0.2, 0.25) is 0 Å². The van der Waals surface area contributed by atoms with Crippen molar-refractivity contribution >= 4 is 21.9 Å². The number of anilines is 1. The van der Waals surface area contributed by atoms with Gasteiger partial charge in [0, 0.05) is 13.1 Å². The number of benzene rings is 1. The molecule has 1 aromatic rings. The maximum Gasteiger partial charge on any atom is 0.336 e. The Hall–Kier alpha value is -1.60. The monoisotopic (exact) mass is 270 g/mol. The van der Waals surface area contributed by atoms with Crippen LogP contribution in [0.5, 0.6) is 0 Å². The first-order valence-corrected chi connectivity index (χ1v) is 6.96. The standard InChI is InChI=1S/C11H14N2O4S/c1-8-9(11(14)15)4-2-5-10(8)12-18(16,17)13-6-3-7-13/h2,4-5,12H,3,6-7H2,1H3,(H,14,15). The molecule has 0 amide bonds. The van der Waals surface area contributed by atoms with E-state index in [4.69, 9.17) is 5.11 Å². The van der Waals surface area contributed by atoms with Gasteiger partial charge in [-0.3, -0.25) is 4.72 Å². The molecule has 2 N–H and O–H groups in total. The fraction of sp³-hybridized carbons (Fsp3) is 0.364. The highest BCUT2D eigenvalue weighted by molar-refractivity contribution is 7.90. The first kappa shape index (κ1) is 12.8. The van der Waals surface area contributed by atoms with Crippen LogP contribution >= 0.6 is 0 Å². The molecule has 1 saturated heterocycles. The van der Waals surface area contributed by atoms with Crippen LogP contribution in [0.2, 0.25) is 0 Å². The minimum absolute atomic E-state index is 0.0961. The van der Waals surface area contributed by atoms with Gasteiger partial charge in [0.15, 0.2) is 0 Å². The van der Waals surface area contributed by atoms with Crippen molar-refractivity contribution in [1.29, 1.82) is 0 Å². The summed E-state index contributed by atoms with van der Waals surface area (Å²) >= 11 is 0. The highest BCUT2D eigenvalue weighted by Crippen LogP contribution is 2.22. The van der Waals surface area contributed by atoms with Crippen LogP contribution in [0.1, 0.15) is 22.3 Å². The summed E-state index contributed by atoms with van der Waals surface area (Å²) in [5, 5.41) is 8.97. The minimum atomic E-state index is -3.55. The molecule has 98 valence electrons. The van der Waals surface area contributed by atoms with Crippen molar-refractivity contribution in [2.75, 3.05) is 17.8 Å². The number of nitrogens with one attached hydrogen (secondary N) is 1. The molecule has 0 radical (unpaired) electrons. The van der Waals surface area contributed by atoms with Crippen molar-refractivity contribution in [3.8, 4) is 0 Å². The van der Waals surface area contributed by atoms with E-state index in [-0.39, 0.29) is 5.56 Å². The van der Waals surface area contributed by atoms with E-state index in [2.05, 4.69) is 4.72 Å². The van der Waals surface area contributed by atoms with E-state index in [1.54, 1.807) is 13.0 Å². The molecule has 0 atom stereocenters. The van der Waals surface area contributed by atoms with Crippen LogP contribution < -0.4 is 4.72 Å². The highest BCUT2D eigenvalue weighted by Gasteiger charge is 2.28. The number of rotatable bonds is 4. The van der Waals surface area contributed by atoms with Crippen molar-refractivity contribution < 1.29 is 18.3 Å². The quantitative estimate of drug-likeness (QED) is 0.856. The number of carboxylic acid groups (broad SMARTS) is 1. The predicted octanol–water partition coefficient (Wildman–Crippen LogP) is 1.06. The van der Waals surface area contributed by atoms with E-state index in [1.807, 2.05) is 0 Å². The van der Waals surface area contributed by atoms with Crippen LogP contribution in [0.25, 0.3) is 0 Å². The summed E-state index contributed by atoms with van der Waals surface area (Å²) < 4.78 is 27.5.